The zero-order chi connectivity index (χ0) is 20.6. The van der Waals surface area contributed by atoms with E-state index in [1.54, 1.807) is 0 Å². The smallest absolute Gasteiger partial charge is 0.410 e. The second-order valence-corrected chi connectivity index (χ2v) is 8.82. The van der Waals surface area contributed by atoms with Crippen LogP contribution in [-0.4, -0.2) is 79.9 Å². The van der Waals surface area contributed by atoms with E-state index in [2.05, 4.69) is 15.2 Å². The summed E-state index contributed by atoms with van der Waals surface area (Å²) in [5.41, 5.74) is -0.451. The molecule has 7 heteroatoms. The molecular weight excluding hydrogens is 356 g/mol. The van der Waals surface area contributed by atoms with E-state index in [0.717, 1.165) is 64.6 Å². The van der Waals surface area contributed by atoms with Gasteiger partial charge in [0.2, 0.25) is 0 Å². The molecule has 0 radical (unpaired) electrons. The van der Waals surface area contributed by atoms with Crippen molar-refractivity contribution >= 4 is 12.1 Å². The van der Waals surface area contributed by atoms with Crippen LogP contribution in [-0.2, 0) is 9.47 Å². The van der Waals surface area contributed by atoms with E-state index in [9.17, 15) is 4.79 Å². The summed E-state index contributed by atoms with van der Waals surface area (Å²) in [5.74, 6) is 1.60. The van der Waals surface area contributed by atoms with Gasteiger partial charge in [0, 0.05) is 52.5 Å². The fourth-order valence-electron chi connectivity index (χ4n) is 3.51. The largest absolute Gasteiger partial charge is 0.444 e. The van der Waals surface area contributed by atoms with Gasteiger partial charge in [-0.25, -0.2) is 4.79 Å². The molecule has 1 saturated carbocycles. The number of nitrogens with zero attached hydrogens (tertiary/aromatic N) is 3. The average molecular weight is 397 g/mol. The molecule has 0 bridgehead atoms. The second kappa shape index (κ2) is 10.9. The minimum absolute atomic E-state index is 0.156. The van der Waals surface area contributed by atoms with E-state index < -0.39 is 5.60 Å². The van der Waals surface area contributed by atoms with Crippen molar-refractivity contribution in [2.45, 2.75) is 71.4 Å². The van der Waals surface area contributed by atoms with Gasteiger partial charge in [-0.2, -0.15) is 0 Å². The Kier molecular flexibility index (Phi) is 8.86. The normalized spacial score (nSPS) is 18.9. The molecular formula is C21H40N4O3. The van der Waals surface area contributed by atoms with Gasteiger partial charge in [-0.3, -0.25) is 4.99 Å². The quantitative estimate of drug-likeness (QED) is 0.388. The Morgan fingerprint density at radius 2 is 1.89 bits per heavy atom. The standard InChI is InChI=1S/C21H40N4O3/c1-6-27-15-7-12-23-19(22-5)24-13-10-18(11-14-24)25(16-17-8-9-17)20(26)28-21(2,3)4/h17-18H,6-16H2,1-5H3,(H,22,23). The Hall–Kier alpha value is -1.50. The Morgan fingerprint density at radius 3 is 2.43 bits per heavy atom. The highest BCUT2D eigenvalue weighted by Gasteiger charge is 2.35. The van der Waals surface area contributed by atoms with Crippen molar-refractivity contribution in [1.29, 1.82) is 0 Å². The molecule has 0 unspecified atom stereocenters. The van der Waals surface area contributed by atoms with Crippen LogP contribution < -0.4 is 5.32 Å². The highest BCUT2D eigenvalue weighted by Crippen LogP contribution is 2.32. The van der Waals surface area contributed by atoms with E-state index in [-0.39, 0.29) is 12.1 Å². The number of hydrogen-bond donors (Lipinski definition) is 1. The van der Waals surface area contributed by atoms with Gasteiger partial charge in [-0.15, -0.1) is 0 Å². The summed E-state index contributed by atoms with van der Waals surface area (Å²) in [6.45, 7) is 12.9. The van der Waals surface area contributed by atoms with Crippen LogP contribution in [0.5, 0.6) is 0 Å². The van der Waals surface area contributed by atoms with Gasteiger partial charge < -0.3 is 24.6 Å². The van der Waals surface area contributed by atoms with Crippen LogP contribution >= 0.6 is 0 Å². The number of likely N-dealkylation sites (tertiary alicyclic amines) is 1. The fraction of sp³-hybridized carbons (Fsp3) is 0.905. The minimum Gasteiger partial charge on any atom is -0.444 e. The number of piperidine rings is 1. The summed E-state index contributed by atoms with van der Waals surface area (Å²) < 4.78 is 11.1. The number of carbonyl (C=O) groups is 1. The van der Waals surface area contributed by atoms with Crippen LogP contribution in [0, 0.1) is 5.92 Å². The zero-order valence-electron chi connectivity index (χ0n) is 18.5. The summed E-state index contributed by atoms with van der Waals surface area (Å²) >= 11 is 0. The molecule has 0 aromatic heterocycles. The van der Waals surface area contributed by atoms with Crippen molar-refractivity contribution in [2.24, 2.45) is 10.9 Å². The predicted molar refractivity (Wildman–Crippen MR) is 113 cm³/mol. The number of ether oxygens (including phenoxy) is 2. The topological polar surface area (TPSA) is 66.4 Å². The number of rotatable bonds is 8. The summed E-state index contributed by atoms with van der Waals surface area (Å²) in [6, 6.07) is 0.253. The first-order valence-corrected chi connectivity index (χ1v) is 10.9. The second-order valence-electron chi connectivity index (χ2n) is 8.82. The maximum Gasteiger partial charge on any atom is 0.410 e. The minimum atomic E-state index is -0.451. The highest BCUT2D eigenvalue weighted by molar-refractivity contribution is 5.80. The summed E-state index contributed by atoms with van der Waals surface area (Å²) in [7, 11) is 1.83. The molecule has 0 aromatic carbocycles. The first kappa shape index (κ1) is 22.8. The van der Waals surface area contributed by atoms with Gasteiger partial charge in [-0.1, -0.05) is 0 Å². The van der Waals surface area contributed by atoms with Gasteiger partial charge in [0.1, 0.15) is 5.60 Å². The molecule has 0 atom stereocenters. The Labute approximate surface area is 170 Å². The van der Waals surface area contributed by atoms with Crippen LogP contribution in [0.4, 0.5) is 4.79 Å². The maximum absolute atomic E-state index is 12.8. The molecule has 7 nitrogen and oxygen atoms in total. The molecule has 1 N–H and O–H groups in total. The van der Waals surface area contributed by atoms with Crippen molar-refractivity contribution in [3.8, 4) is 0 Å². The monoisotopic (exact) mass is 396 g/mol. The van der Waals surface area contributed by atoms with Gasteiger partial charge in [0.25, 0.3) is 0 Å². The van der Waals surface area contributed by atoms with E-state index in [0.29, 0.717) is 5.92 Å². The van der Waals surface area contributed by atoms with Crippen LogP contribution in [0.1, 0.15) is 59.8 Å². The lowest BCUT2D eigenvalue weighted by atomic mass is 10.0. The van der Waals surface area contributed by atoms with E-state index in [1.165, 1.54) is 12.8 Å². The van der Waals surface area contributed by atoms with Crippen LogP contribution in [0.25, 0.3) is 0 Å². The maximum atomic E-state index is 12.8. The molecule has 0 spiro atoms. The number of carbonyl (C=O) groups excluding carboxylic acids is 1. The van der Waals surface area contributed by atoms with Crippen molar-refractivity contribution < 1.29 is 14.3 Å². The summed E-state index contributed by atoms with van der Waals surface area (Å²) in [5, 5.41) is 3.43. The van der Waals surface area contributed by atoms with E-state index in [1.807, 2.05) is 39.6 Å². The number of aliphatic imine (C=N–C) groups is 1. The lowest BCUT2D eigenvalue weighted by Gasteiger charge is -2.40. The Morgan fingerprint density at radius 1 is 1.21 bits per heavy atom. The third-order valence-electron chi connectivity index (χ3n) is 5.15. The lowest BCUT2D eigenvalue weighted by molar-refractivity contribution is 0.00928. The third kappa shape index (κ3) is 7.86. The van der Waals surface area contributed by atoms with Crippen LogP contribution in [0.3, 0.4) is 0 Å². The van der Waals surface area contributed by atoms with Gasteiger partial charge in [0.05, 0.1) is 0 Å². The Balaban J connectivity index is 1.84. The zero-order valence-corrected chi connectivity index (χ0v) is 18.5. The van der Waals surface area contributed by atoms with Crippen LogP contribution in [0.15, 0.2) is 4.99 Å². The first-order chi connectivity index (χ1) is 13.3. The van der Waals surface area contributed by atoms with E-state index in [4.69, 9.17) is 9.47 Å². The van der Waals surface area contributed by atoms with Crippen molar-refractivity contribution in [1.82, 2.24) is 15.1 Å². The van der Waals surface area contributed by atoms with Gasteiger partial charge in [-0.05, 0) is 65.7 Å². The Bertz CT molecular complexity index is 506. The molecule has 1 aliphatic heterocycles. The van der Waals surface area contributed by atoms with Crippen molar-refractivity contribution in [3.05, 3.63) is 0 Å². The molecule has 28 heavy (non-hydrogen) atoms. The molecule has 1 aliphatic carbocycles. The molecule has 162 valence electrons. The number of nitrogens with one attached hydrogen (secondary N) is 1. The summed E-state index contributed by atoms with van der Waals surface area (Å²) in [4.78, 5) is 21.5. The average Bonchev–Trinajstić information content (AvgIpc) is 3.46. The van der Waals surface area contributed by atoms with Gasteiger partial charge in [0.15, 0.2) is 5.96 Å². The van der Waals surface area contributed by atoms with Crippen molar-refractivity contribution in [3.63, 3.8) is 0 Å². The molecule has 2 rings (SSSR count). The molecule has 1 amide bonds. The fourth-order valence-corrected chi connectivity index (χ4v) is 3.51. The van der Waals surface area contributed by atoms with Crippen molar-refractivity contribution in [2.75, 3.05) is 46.4 Å². The molecule has 1 heterocycles. The number of amides is 1. The third-order valence-corrected chi connectivity index (χ3v) is 5.15. The number of guanidine groups is 1. The SMILES string of the molecule is CCOCCCNC(=NC)N1CCC(N(CC2CC2)C(=O)OC(C)(C)C)CC1. The summed E-state index contributed by atoms with van der Waals surface area (Å²) in [6.07, 6.45) is 5.18. The van der Waals surface area contributed by atoms with E-state index >= 15 is 0 Å². The molecule has 2 fully saturated rings. The molecule has 1 saturated heterocycles. The molecule has 2 aliphatic rings. The van der Waals surface area contributed by atoms with Crippen LogP contribution in [0.2, 0.25) is 0 Å². The molecule has 0 aromatic rings. The predicted octanol–water partition coefficient (Wildman–Crippen LogP) is 3.10. The van der Waals surface area contributed by atoms with Gasteiger partial charge >= 0.3 is 6.09 Å². The lowest BCUT2D eigenvalue weighted by Crippen LogP contribution is -2.52. The first-order valence-electron chi connectivity index (χ1n) is 10.9. The highest BCUT2D eigenvalue weighted by atomic mass is 16.6. The number of hydrogen-bond acceptors (Lipinski definition) is 4.